The normalized spacial score (nSPS) is 10.8. The first kappa shape index (κ1) is 21.2. The van der Waals surface area contributed by atoms with E-state index in [1.165, 1.54) is 15.6 Å². The van der Waals surface area contributed by atoms with E-state index in [0.29, 0.717) is 34.4 Å². The van der Waals surface area contributed by atoms with Crippen LogP contribution in [0.15, 0.2) is 59.8 Å². The number of benzene rings is 2. The number of aromatic nitrogens is 6. The lowest BCUT2D eigenvalue weighted by Gasteiger charge is -2.16. The Bertz CT molecular complexity index is 1340. The first-order valence-corrected chi connectivity index (χ1v) is 9.95. The molecule has 162 valence electrons. The van der Waals surface area contributed by atoms with Crippen LogP contribution in [0.5, 0.6) is 5.75 Å². The fourth-order valence-electron chi connectivity index (χ4n) is 3.16. The highest BCUT2D eigenvalue weighted by Gasteiger charge is 2.18. The number of rotatable bonds is 7. The van der Waals surface area contributed by atoms with Crippen molar-refractivity contribution in [1.82, 2.24) is 29.8 Å². The number of hydrogen-bond acceptors (Lipinski definition) is 7. The molecular formula is C21H17ClN6O4. The van der Waals surface area contributed by atoms with Crippen LogP contribution in [0.25, 0.3) is 11.4 Å². The van der Waals surface area contributed by atoms with Crippen LogP contribution < -0.4 is 10.3 Å². The van der Waals surface area contributed by atoms with Gasteiger partial charge in [0.05, 0.1) is 5.69 Å². The second kappa shape index (κ2) is 8.98. The van der Waals surface area contributed by atoms with Crippen molar-refractivity contribution in [2.24, 2.45) is 0 Å². The zero-order chi connectivity index (χ0) is 22.7. The molecular weight excluding hydrogens is 436 g/mol. The predicted molar refractivity (Wildman–Crippen MR) is 115 cm³/mol. The maximum atomic E-state index is 12.9. The Morgan fingerprint density at radius 1 is 1.22 bits per heavy atom. The molecule has 2 heterocycles. The SMILES string of the molecule is CCc1ncc(C(=O)O)c(=O)n1-c1ccc(OCc2cccc(Cl)c2)c(-n2cnnn2)c1. The monoisotopic (exact) mass is 452 g/mol. The van der Waals surface area contributed by atoms with Crippen LogP contribution in [0.4, 0.5) is 0 Å². The highest BCUT2D eigenvalue weighted by atomic mass is 35.5. The molecule has 0 atom stereocenters. The van der Waals surface area contributed by atoms with Gasteiger partial charge in [-0.25, -0.2) is 9.78 Å². The van der Waals surface area contributed by atoms with Crippen molar-refractivity contribution in [2.75, 3.05) is 0 Å². The minimum absolute atomic E-state index is 0.241. The third-order valence-corrected chi connectivity index (χ3v) is 4.90. The van der Waals surface area contributed by atoms with Gasteiger partial charge in [0.2, 0.25) is 0 Å². The summed E-state index contributed by atoms with van der Waals surface area (Å²) in [6, 6.07) is 12.2. The van der Waals surface area contributed by atoms with E-state index in [1.807, 2.05) is 19.1 Å². The van der Waals surface area contributed by atoms with Gasteiger partial charge < -0.3 is 9.84 Å². The van der Waals surface area contributed by atoms with E-state index in [9.17, 15) is 14.7 Å². The lowest BCUT2D eigenvalue weighted by molar-refractivity contribution is 0.0694. The molecule has 0 aliphatic heterocycles. The Morgan fingerprint density at radius 3 is 2.75 bits per heavy atom. The van der Waals surface area contributed by atoms with E-state index in [0.717, 1.165) is 11.8 Å². The molecule has 4 rings (SSSR count). The number of carboxylic acids is 1. The molecule has 2 aromatic heterocycles. The molecule has 2 aromatic carbocycles. The predicted octanol–water partition coefficient (Wildman–Crippen LogP) is 2.70. The van der Waals surface area contributed by atoms with Crippen molar-refractivity contribution in [3.63, 3.8) is 0 Å². The van der Waals surface area contributed by atoms with E-state index in [-0.39, 0.29) is 6.61 Å². The molecule has 0 aliphatic carbocycles. The number of ether oxygens (including phenoxy) is 1. The highest BCUT2D eigenvalue weighted by molar-refractivity contribution is 6.30. The number of carbonyl (C=O) groups is 1. The van der Waals surface area contributed by atoms with E-state index < -0.39 is 17.1 Å². The molecule has 4 aromatic rings. The molecule has 0 saturated heterocycles. The third-order valence-electron chi connectivity index (χ3n) is 4.66. The first-order chi connectivity index (χ1) is 15.5. The van der Waals surface area contributed by atoms with Crippen molar-refractivity contribution in [3.05, 3.63) is 87.3 Å². The van der Waals surface area contributed by atoms with Crippen LogP contribution in [0.3, 0.4) is 0 Å². The highest BCUT2D eigenvalue weighted by Crippen LogP contribution is 2.26. The first-order valence-electron chi connectivity index (χ1n) is 9.57. The molecule has 0 bridgehead atoms. The zero-order valence-corrected chi connectivity index (χ0v) is 17.6. The van der Waals surface area contributed by atoms with Gasteiger partial charge in [-0.1, -0.05) is 30.7 Å². The van der Waals surface area contributed by atoms with Gasteiger partial charge in [0.15, 0.2) is 0 Å². The van der Waals surface area contributed by atoms with Crippen molar-refractivity contribution < 1.29 is 14.6 Å². The van der Waals surface area contributed by atoms with Crippen LogP contribution in [0, 0.1) is 0 Å². The van der Waals surface area contributed by atoms with Crippen molar-refractivity contribution in [2.45, 2.75) is 20.0 Å². The standard InChI is InChI=1S/C21H17ClN6O4/c1-2-19-23-10-16(21(30)31)20(29)28(19)15-6-7-18(17(9-15)27-12-24-25-26-27)32-11-13-4-3-5-14(22)8-13/h3-10,12H,2,11H2,1H3,(H,30,31). The number of halogens is 1. The summed E-state index contributed by atoms with van der Waals surface area (Å²) in [6.07, 6.45) is 2.88. The molecule has 32 heavy (non-hydrogen) atoms. The number of aromatic carboxylic acids is 1. The van der Waals surface area contributed by atoms with E-state index >= 15 is 0 Å². The lowest BCUT2D eigenvalue weighted by Crippen LogP contribution is -2.28. The van der Waals surface area contributed by atoms with Gasteiger partial charge in [0.25, 0.3) is 5.56 Å². The smallest absolute Gasteiger partial charge is 0.342 e. The van der Waals surface area contributed by atoms with Crippen LogP contribution in [-0.4, -0.2) is 40.8 Å². The molecule has 1 N–H and O–H groups in total. The van der Waals surface area contributed by atoms with Crippen molar-refractivity contribution >= 4 is 17.6 Å². The molecule has 0 aliphatic rings. The molecule has 10 nitrogen and oxygen atoms in total. The van der Waals surface area contributed by atoms with Gasteiger partial charge in [-0.15, -0.1) is 5.10 Å². The summed E-state index contributed by atoms with van der Waals surface area (Å²) in [5.74, 6) is -0.481. The fourth-order valence-corrected chi connectivity index (χ4v) is 3.37. The summed E-state index contributed by atoms with van der Waals surface area (Å²) in [7, 11) is 0. The van der Waals surface area contributed by atoms with Gasteiger partial charge in [0.1, 0.15) is 35.8 Å². The van der Waals surface area contributed by atoms with Crippen LogP contribution >= 0.6 is 11.6 Å². The average molecular weight is 453 g/mol. The van der Waals surface area contributed by atoms with E-state index in [1.54, 1.807) is 30.3 Å². The molecule has 0 radical (unpaired) electrons. The third kappa shape index (κ3) is 4.21. The summed E-state index contributed by atoms with van der Waals surface area (Å²) in [5, 5.41) is 21.2. The molecule has 0 unspecified atom stereocenters. The summed E-state index contributed by atoms with van der Waals surface area (Å²) < 4.78 is 8.62. The molecule has 0 saturated carbocycles. The van der Waals surface area contributed by atoms with Gasteiger partial charge in [-0.3, -0.25) is 9.36 Å². The summed E-state index contributed by atoms with van der Waals surface area (Å²) in [6.45, 7) is 2.06. The number of carboxylic acid groups (broad SMARTS) is 1. The van der Waals surface area contributed by atoms with Gasteiger partial charge in [-0.2, -0.15) is 4.68 Å². The number of tetrazole rings is 1. The zero-order valence-electron chi connectivity index (χ0n) is 16.8. The Hall–Kier alpha value is -4.05. The van der Waals surface area contributed by atoms with Gasteiger partial charge >= 0.3 is 5.97 Å². The quantitative estimate of drug-likeness (QED) is 0.453. The minimum Gasteiger partial charge on any atom is -0.487 e. The average Bonchev–Trinajstić information content (AvgIpc) is 3.32. The largest absolute Gasteiger partial charge is 0.487 e. The molecule has 0 spiro atoms. The fraction of sp³-hybridized carbons (Fsp3) is 0.143. The van der Waals surface area contributed by atoms with Crippen LogP contribution in [0.2, 0.25) is 5.02 Å². The lowest BCUT2D eigenvalue weighted by atomic mass is 10.2. The van der Waals surface area contributed by atoms with Gasteiger partial charge in [-0.05, 0) is 46.3 Å². The second-order valence-corrected chi connectivity index (χ2v) is 7.15. The molecule has 0 fully saturated rings. The molecule has 0 amide bonds. The van der Waals surface area contributed by atoms with Crippen molar-refractivity contribution in [1.29, 1.82) is 0 Å². The minimum atomic E-state index is -1.35. The Morgan fingerprint density at radius 2 is 2.06 bits per heavy atom. The summed E-state index contributed by atoms with van der Waals surface area (Å²) in [4.78, 5) is 28.5. The van der Waals surface area contributed by atoms with Gasteiger partial charge in [0, 0.05) is 17.6 Å². The van der Waals surface area contributed by atoms with E-state index in [2.05, 4.69) is 20.5 Å². The number of nitrogens with zero attached hydrogens (tertiary/aromatic N) is 6. The maximum absolute atomic E-state index is 12.9. The Kier molecular flexibility index (Phi) is 5.95. The van der Waals surface area contributed by atoms with Crippen LogP contribution in [-0.2, 0) is 13.0 Å². The summed E-state index contributed by atoms with van der Waals surface area (Å²) in [5.41, 5.74) is 0.631. The topological polar surface area (TPSA) is 125 Å². The van der Waals surface area contributed by atoms with E-state index in [4.69, 9.17) is 16.3 Å². The Balaban J connectivity index is 1.80. The number of aryl methyl sites for hydroxylation is 1. The summed E-state index contributed by atoms with van der Waals surface area (Å²) >= 11 is 6.04. The van der Waals surface area contributed by atoms with Crippen molar-refractivity contribution in [3.8, 4) is 17.1 Å². The maximum Gasteiger partial charge on any atom is 0.342 e. The molecule has 11 heteroatoms. The number of hydrogen-bond donors (Lipinski definition) is 1. The second-order valence-electron chi connectivity index (χ2n) is 6.71. The Labute approximate surface area is 186 Å². The van der Waals surface area contributed by atoms with Crippen LogP contribution in [0.1, 0.15) is 28.7 Å².